The maximum Gasteiger partial charge on any atom is 0.220 e. The number of aliphatic hydroxyl groups is 1. The van der Waals surface area contributed by atoms with Gasteiger partial charge in [-0.1, -0.05) is 13.8 Å². The highest BCUT2D eigenvalue weighted by atomic mass is 16.2. The van der Waals surface area contributed by atoms with Gasteiger partial charge in [-0.15, -0.1) is 0 Å². The van der Waals surface area contributed by atoms with Crippen LogP contribution in [0.3, 0.4) is 0 Å². The number of nitrogens with one attached hydrogen (secondary N) is 1. The van der Waals surface area contributed by atoms with Crippen molar-refractivity contribution in [2.75, 3.05) is 13.2 Å². The third kappa shape index (κ3) is 3.82. The molecule has 1 aliphatic carbocycles. The number of carbonyl (C=O) groups is 1. The summed E-state index contributed by atoms with van der Waals surface area (Å²) in [5.74, 6) is 0.797. The average Bonchev–Trinajstić information content (AvgIpc) is 2.96. The average molecular weight is 213 g/mol. The fraction of sp³-hybridized carbons (Fsp3) is 0.917. The van der Waals surface area contributed by atoms with E-state index in [2.05, 4.69) is 19.2 Å². The van der Waals surface area contributed by atoms with Crippen LogP contribution in [0.4, 0.5) is 0 Å². The Morgan fingerprint density at radius 1 is 1.40 bits per heavy atom. The van der Waals surface area contributed by atoms with E-state index in [4.69, 9.17) is 5.11 Å². The molecule has 0 aliphatic heterocycles. The number of amides is 1. The van der Waals surface area contributed by atoms with Crippen LogP contribution in [-0.4, -0.2) is 24.2 Å². The highest BCUT2D eigenvalue weighted by molar-refractivity contribution is 5.75. The summed E-state index contributed by atoms with van der Waals surface area (Å²) in [6, 6.07) is 0. The summed E-state index contributed by atoms with van der Waals surface area (Å²) in [5, 5.41) is 11.6. The smallest absolute Gasteiger partial charge is 0.220 e. The number of rotatable bonds is 7. The molecular formula is C12H23NO2. The van der Waals surface area contributed by atoms with Crippen LogP contribution >= 0.6 is 0 Å². The molecule has 1 rings (SSSR count). The quantitative estimate of drug-likeness (QED) is 0.632. The second-order valence-electron chi connectivity index (χ2n) is 4.97. The zero-order valence-corrected chi connectivity index (χ0v) is 9.88. The van der Waals surface area contributed by atoms with Crippen molar-refractivity contribution in [2.24, 2.45) is 11.3 Å². The van der Waals surface area contributed by atoms with Crippen LogP contribution in [0.5, 0.6) is 0 Å². The normalized spacial score (nSPS) is 17.9. The van der Waals surface area contributed by atoms with Crippen molar-refractivity contribution >= 4 is 5.91 Å². The Hall–Kier alpha value is -0.570. The number of carbonyl (C=O) groups excluding carboxylic acids is 1. The van der Waals surface area contributed by atoms with Crippen LogP contribution in [0, 0.1) is 11.3 Å². The molecule has 3 heteroatoms. The second kappa shape index (κ2) is 5.50. The minimum absolute atomic E-state index is 0.135. The lowest BCUT2D eigenvalue weighted by atomic mass is 9.92. The van der Waals surface area contributed by atoms with Gasteiger partial charge < -0.3 is 10.4 Å². The molecule has 15 heavy (non-hydrogen) atoms. The van der Waals surface area contributed by atoms with E-state index in [-0.39, 0.29) is 12.5 Å². The predicted molar refractivity (Wildman–Crippen MR) is 60.5 cm³/mol. The number of aliphatic hydroxyl groups excluding tert-OH is 1. The number of hydrogen-bond acceptors (Lipinski definition) is 2. The van der Waals surface area contributed by atoms with Crippen molar-refractivity contribution in [1.82, 2.24) is 5.32 Å². The molecule has 0 aromatic carbocycles. The van der Waals surface area contributed by atoms with Crippen molar-refractivity contribution in [3.8, 4) is 0 Å². The molecule has 0 heterocycles. The summed E-state index contributed by atoms with van der Waals surface area (Å²) in [4.78, 5) is 11.4. The maximum absolute atomic E-state index is 11.4. The Kier molecular flexibility index (Phi) is 4.58. The molecule has 1 fully saturated rings. The van der Waals surface area contributed by atoms with Gasteiger partial charge in [0.25, 0.3) is 0 Å². The van der Waals surface area contributed by atoms with E-state index in [9.17, 15) is 4.79 Å². The third-order valence-electron chi connectivity index (χ3n) is 3.57. The minimum atomic E-state index is 0.135. The van der Waals surface area contributed by atoms with Gasteiger partial charge >= 0.3 is 0 Å². The van der Waals surface area contributed by atoms with E-state index in [1.807, 2.05) is 0 Å². The van der Waals surface area contributed by atoms with Gasteiger partial charge in [0, 0.05) is 19.6 Å². The summed E-state index contributed by atoms with van der Waals surface area (Å²) in [5.41, 5.74) is 0.395. The Balaban J connectivity index is 2.12. The third-order valence-corrected chi connectivity index (χ3v) is 3.57. The molecule has 0 aromatic heterocycles. The standard InChI is InChI=1S/C12H23NO2/c1-10(2)12(6-7-12)9-13-11(15)5-3-4-8-14/h10,14H,3-9H2,1-2H3,(H,13,15). The monoisotopic (exact) mass is 213 g/mol. The molecule has 1 aliphatic rings. The van der Waals surface area contributed by atoms with Crippen molar-refractivity contribution in [3.05, 3.63) is 0 Å². The van der Waals surface area contributed by atoms with Gasteiger partial charge in [-0.25, -0.2) is 0 Å². The van der Waals surface area contributed by atoms with E-state index >= 15 is 0 Å². The lowest BCUT2D eigenvalue weighted by molar-refractivity contribution is -0.121. The van der Waals surface area contributed by atoms with Gasteiger partial charge in [-0.2, -0.15) is 0 Å². The predicted octanol–water partition coefficient (Wildman–Crippen LogP) is 1.70. The van der Waals surface area contributed by atoms with Crippen LogP contribution < -0.4 is 5.32 Å². The first-order valence-corrected chi connectivity index (χ1v) is 5.98. The SMILES string of the molecule is CC(C)C1(CNC(=O)CCCCO)CC1. The molecule has 0 radical (unpaired) electrons. The zero-order valence-electron chi connectivity index (χ0n) is 9.88. The van der Waals surface area contributed by atoms with E-state index in [0.717, 1.165) is 19.4 Å². The second-order valence-corrected chi connectivity index (χ2v) is 4.97. The van der Waals surface area contributed by atoms with Crippen LogP contribution in [0.15, 0.2) is 0 Å². The maximum atomic E-state index is 11.4. The molecule has 0 saturated heterocycles. The molecule has 2 N–H and O–H groups in total. The minimum Gasteiger partial charge on any atom is -0.396 e. The molecule has 0 unspecified atom stereocenters. The summed E-state index contributed by atoms with van der Waals surface area (Å²) in [6.45, 7) is 5.47. The van der Waals surface area contributed by atoms with E-state index < -0.39 is 0 Å². The van der Waals surface area contributed by atoms with Crippen LogP contribution in [0.2, 0.25) is 0 Å². The van der Waals surface area contributed by atoms with Gasteiger partial charge in [0.1, 0.15) is 0 Å². The van der Waals surface area contributed by atoms with Crippen molar-refractivity contribution in [2.45, 2.75) is 46.0 Å². The number of hydrogen-bond donors (Lipinski definition) is 2. The van der Waals surface area contributed by atoms with Gasteiger partial charge in [0.15, 0.2) is 0 Å². The number of unbranched alkanes of at least 4 members (excludes halogenated alkanes) is 1. The van der Waals surface area contributed by atoms with Crippen LogP contribution in [0.25, 0.3) is 0 Å². The fourth-order valence-corrected chi connectivity index (χ4v) is 1.88. The first-order chi connectivity index (χ1) is 7.10. The van der Waals surface area contributed by atoms with Crippen molar-refractivity contribution in [1.29, 1.82) is 0 Å². The molecule has 0 bridgehead atoms. The molecule has 1 amide bonds. The van der Waals surface area contributed by atoms with Gasteiger partial charge in [0.05, 0.1) is 0 Å². The molecule has 1 saturated carbocycles. The zero-order chi connectivity index (χ0) is 11.3. The Morgan fingerprint density at radius 3 is 2.53 bits per heavy atom. The van der Waals surface area contributed by atoms with E-state index in [1.54, 1.807) is 0 Å². The largest absolute Gasteiger partial charge is 0.396 e. The molecule has 0 atom stereocenters. The summed E-state index contributed by atoms with van der Waals surface area (Å²) in [6.07, 6.45) is 4.57. The van der Waals surface area contributed by atoms with Gasteiger partial charge in [-0.3, -0.25) is 4.79 Å². The summed E-state index contributed by atoms with van der Waals surface area (Å²) < 4.78 is 0. The van der Waals surface area contributed by atoms with Crippen molar-refractivity contribution in [3.63, 3.8) is 0 Å². The first kappa shape index (κ1) is 12.5. The molecule has 0 aromatic rings. The molecule has 0 spiro atoms. The summed E-state index contributed by atoms with van der Waals surface area (Å²) in [7, 11) is 0. The Labute approximate surface area is 92.3 Å². The first-order valence-electron chi connectivity index (χ1n) is 5.98. The lowest BCUT2D eigenvalue weighted by Crippen LogP contribution is -2.32. The molecule has 3 nitrogen and oxygen atoms in total. The van der Waals surface area contributed by atoms with Crippen LogP contribution in [-0.2, 0) is 4.79 Å². The fourth-order valence-electron chi connectivity index (χ4n) is 1.88. The Morgan fingerprint density at radius 2 is 2.07 bits per heavy atom. The van der Waals surface area contributed by atoms with Gasteiger partial charge in [0.2, 0.25) is 5.91 Å². The van der Waals surface area contributed by atoms with E-state index in [0.29, 0.717) is 17.8 Å². The molecular weight excluding hydrogens is 190 g/mol. The van der Waals surface area contributed by atoms with Crippen molar-refractivity contribution < 1.29 is 9.90 Å². The summed E-state index contributed by atoms with van der Waals surface area (Å²) >= 11 is 0. The van der Waals surface area contributed by atoms with Crippen LogP contribution in [0.1, 0.15) is 46.0 Å². The highest BCUT2D eigenvalue weighted by Gasteiger charge is 2.45. The van der Waals surface area contributed by atoms with Gasteiger partial charge in [-0.05, 0) is 37.0 Å². The topological polar surface area (TPSA) is 49.3 Å². The van der Waals surface area contributed by atoms with E-state index in [1.165, 1.54) is 12.8 Å². The lowest BCUT2D eigenvalue weighted by Gasteiger charge is -2.19. The highest BCUT2D eigenvalue weighted by Crippen LogP contribution is 2.51. The molecule has 88 valence electrons. The Bertz CT molecular complexity index is 210.